The lowest BCUT2D eigenvalue weighted by molar-refractivity contribution is 0.347. The molecule has 7 nitrogen and oxygen atoms in total. The highest BCUT2D eigenvalue weighted by Gasteiger charge is 2.41. The van der Waals surface area contributed by atoms with Gasteiger partial charge in [-0.15, -0.1) is 24.0 Å². The zero-order valence-electron chi connectivity index (χ0n) is 16.1. The number of nitrogens with one attached hydrogen (secondary N) is 1. The molecule has 10 heteroatoms. The number of guanidine groups is 1. The van der Waals surface area contributed by atoms with E-state index in [9.17, 15) is 16.8 Å². The van der Waals surface area contributed by atoms with Crippen LogP contribution < -0.4 is 5.32 Å². The topological polar surface area (TPSA) is 95.9 Å². The first kappa shape index (κ1) is 23.9. The molecule has 2 unspecified atom stereocenters. The van der Waals surface area contributed by atoms with Gasteiger partial charge in [0.2, 0.25) is 0 Å². The number of rotatable bonds is 4. The Morgan fingerprint density at radius 2 is 1.92 bits per heavy atom. The number of halogens is 1. The molecule has 0 aromatic heterocycles. The molecule has 2 saturated heterocycles. The van der Waals surface area contributed by atoms with Crippen LogP contribution in [-0.4, -0.2) is 75.4 Å². The second-order valence-corrected chi connectivity index (χ2v) is 12.9. The minimum absolute atomic E-state index is 0. The van der Waals surface area contributed by atoms with E-state index in [-0.39, 0.29) is 53.2 Å². The zero-order valence-corrected chi connectivity index (χ0v) is 20.0. The normalized spacial score (nSPS) is 28.2. The average Bonchev–Trinajstić information content (AvgIpc) is 2.85. The molecule has 0 saturated carbocycles. The van der Waals surface area contributed by atoms with E-state index in [0.717, 1.165) is 6.42 Å². The van der Waals surface area contributed by atoms with Crippen molar-refractivity contribution in [2.75, 3.05) is 36.9 Å². The molecule has 2 rings (SSSR count). The molecule has 26 heavy (non-hydrogen) atoms. The fourth-order valence-corrected chi connectivity index (χ4v) is 6.33. The monoisotopic (exact) mass is 521 g/mol. The summed E-state index contributed by atoms with van der Waals surface area (Å²) in [6.45, 7) is 8.89. The zero-order chi connectivity index (χ0) is 18.9. The Kier molecular flexibility index (Phi) is 8.23. The summed E-state index contributed by atoms with van der Waals surface area (Å²) >= 11 is 0. The van der Waals surface area contributed by atoms with Gasteiger partial charge in [-0.05, 0) is 39.5 Å². The summed E-state index contributed by atoms with van der Waals surface area (Å²) in [4.78, 5) is 6.67. The molecule has 2 atom stereocenters. The number of nitrogens with zero attached hydrogens (tertiary/aromatic N) is 2. The van der Waals surface area contributed by atoms with E-state index < -0.39 is 24.4 Å². The van der Waals surface area contributed by atoms with E-state index in [1.54, 1.807) is 13.8 Å². The smallest absolute Gasteiger partial charge is 0.194 e. The van der Waals surface area contributed by atoms with Crippen LogP contribution in [0.25, 0.3) is 0 Å². The molecular formula is C16H32IN3O4S2. The summed E-state index contributed by atoms with van der Waals surface area (Å²) < 4.78 is 46.9. The highest BCUT2D eigenvalue weighted by Crippen LogP contribution is 2.24. The third kappa shape index (κ3) is 5.95. The summed E-state index contributed by atoms with van der Waals surface area (Å²) in [5.41, 5.74) is 0. The van der Waals surface area contributed by atoms with E-state index in [1.807, 2.05) is 4.90 Å². The van der Waals surface area contributed by atoms with Crippen LogP contribution in [0.3, 0.4) is 0 Å². The van der Waals surface area contributed by atoms with Crippen LogP contribution >= 0.6 is 24.0 Å². The van der Waals surface area contributed by atoms with E-state index in [1.165, 1.54) is 0 Å². The molecule has 0 aliphatic carbocycles. The van der Waals surface area contributed by atoms with E-state index in [4.69, 9.17) is 0 Å². The quantitative estimate of drug-likeness (QED) is 0.341. The largest absolute Gasteiger partial charge is 0.354 e. The molecule has 0 aromatic carbocycles. The van der Waals surface area contributed by atoms with Crippen molar-refractivity contribution in [2.24, 2.45) is 10.9 Å². The molecule has 0 aromatic rings. The molecule has 2 fully saturated rings. The molecule has 0 radical (unpaired) electrons. The highest BCUT2D eigenvalue weighted by molar-refractivity contribution is 14.0. The Morgan fingerprint density at radius 3 is 2.42 bits per heavy atom. The van der Waals surface area contributed by atoms with E-state index in [2.05, 4.69) is 24.2 Å². The first-order valence-electron chi connectivity index (χ1n) is 8.94. The molecule has 154 valence electrons. The van der Waals surface area contributed by atoms with Gasteiger partial charge in [-0.3, -0.25) is 4.99 Å². The maximum Gasteiger partial charge on any atom is 0.194 e. The Labute approximate surface area is 175 Å². The molecular weight excluding hydrogens is 489 g/mol. The van der Waals surface area contributed by atoms with Crippen LogP contribution in [0.4, 0.5) is 0 Å². The first-order valence-corrected chi connectivity index (χ1v) is 12.4. The van der Waals surface area contributed by atoms with Gasteiger partial charge in [-0.25, -0.2) is 16.8 Å². The van der Waals surface area contributed by atoms with Crippen LogP contribution in [0, 0.1) is 5.92 Å². The lowest BCUT2D eigenvalue weighted by atomic mass is 10.1. The molecule has 0 amide bonds. The molecule has 2 heterocycles. The summed E-state index contributed by atoms with van der Waals surface area (Å²) in [5, 5.41) is 3.38. The van der Waals surface area contributed by atoms with Crippen LogP contribution in [0.2, 0.25) is 0 Å². The van der Waals surface area contributed by atoms with Gasteiger partial charge in [0.15, 0.2) is 25.6 Å². The van der Waals surface area contributed by atoms with Gasteiger partial charge < -0.3 is 10.2 Å². The fourth-order valence-electron chi connectivity index (χ4n) is 3.12. The van der Waals surface area contributed by atoms with Crippen molar-refractivity contribution in [2.45, 2.75) is 51.3 Å². The van der Waals surface area contributed by atoms with Gasteiger partial charge >= 0.3 is 0 Å². The Bertz CT molecular complexity index is 720. The third-order valence-electron chi connectivity index (χ3n) is 5.16. The van der Waals surface area contributed by atoms with E-state index >= 15 is 0 Å². The lowest BCUT2D eigenvalue weighted by Crippen LogP contribution is -2.58. The first-order chi connectivity index (χ1) is 11.5. The number of sulfone groups is 2. The van der Waals surface area contributed by atoms with Crippen molar-refractivity contribution in [3.8, 4) is 0 Å². The van der Waals surface area contributed by atoms with Gasteiger partial charge in [0.25, 0.3) is 0 Å². The van der Waals surface area contributed by atoms with Crippen molar-refractivity contribution >= 4 is 49.6 Å². The SMILES string of the molecule is CCC(C)NC(=NCC1CCS(=O)(=O)C1)N1CCS(=O)(=O)C(C)(C)C1.I. The minimum Gasteiger partial charge on any atom is -0.354 e. The van der Waals surface area contributed by atoms with Crippen LogP contribution in [-0.2, 0) is 19.7 Å². The molecule has 0 spiro atoms. The Hall–Kier alpha value is -0.100. The second kappa shape index (κ2) is 8.93. The number of hydrogen-bond acceptors (Lipinski definition) is 5. The standard InChI is InChI=1S/C16H31N3O4S2.HI/c1-5-13(2)18-15(17-10-14-6-8-24(20,21)11-14)19-7-9-25(22,23)16(3,4)12-19;/h13-14H,5-12H2,1-4H3,(H,17,18);1H. The van der Waals surface area contributed by atoms with Gasteiger partial charge in [0, 0.05) is 25.7 Å². The molecule has 2 aliphatic rings. The highest BCUT2D eigenvalue weighted by atomic mass is 127. The van der Waals surface area contributed by atoms with Crippen molar-refractivity contribution < 1.29 is 16.8 Å². The Balaban J connectivity index is 0.00000338. The van der Waals surface area contributed by atoms with Crippen molar-refractivity contribution in [3.63, 3.8) is 0 Å². The van der Waals surface area contributed by atoms with E-state index in [0.29, 0.717) is 32.0 Å². The lowest BCUT2D eigenvalue weighted by Gasteiger charge is -2.40. The number of hydrogen-bond donors (Lipinski definition) is 1. The van der Waals surface area contributed by atoms with Crippen LogP contribution in [0.15, 0.2) is 4.99 Å². The third-order valence-corrected chi connectivity index (χ3v) is 9.53. The van der Waals surface area contributed by atoms with Crippen molar-refractivity contribution in [1.82, 2.24) is 10.2 Å². The van der Waals surface area contributed by atoms with Crippen molar-refractivity contribution in [3.05, 3.63) is 0 Å². The van der Waals surface area contributed by atoms with Gasteiger partial charge in [0.05, 0.1) is 22.0 Å². The summed E-state index contributed by atoms with van der Waals surface area (Å²) in [7, 11) is -6.02. The van der Waals surface area contributed by atoms with Gasteiger partial charge in [-0.1, -0.05) is 6.92 Å². The summed E-state index contributed by atoms with van der Waals surface area (Å²) in [6.07, 6.45) is 1.58. The second-order valence-electron chi connectivity index (χ2n) is 7.89. The van der Waals surface area contributed by atoms with Gasteiger partial charge in [-0.2, -0.15) is 0 Å². The van der Waals surface area contributed by atoms with Crippen LogP contribution in [0.5, 0.6) is 0 Å². The van der Waals surface area contributed by atoms with Gasteiger partial charge in [0.1, 0.15) is 0 Å². The average molecular weight is 521 g/mol. The minimum atomic E-state index is -3.11. The Morgan fingerprint density at radius 1 is 1.27 bits per heavy atom. The predicted molar refractivity (Wildman–Crippen MR) is 117 cm³/mol. The molecule has 1 N–H and O–H groups in total. The predicted octanol–water partition coefficient (Wildman–Crippen LogP) is 1.29. The summed E-state index contributed by atoms with van der Waals surface area (Å²) in [5.74, 6) is 1.31. The molecule has 0 bridgehead atoms. The summed E-state index contributed by atoms with van der Waals surface area (Å²) in [6, 6.07) is 0.215. The van der Waals surface area contributed by atoms with Crippen LogP contribution in [0.1, 0.15) is 40.5 Å². The fraction of sp³-hybridized carbons (Fsp3) is 0.938. The maximum absolute atomic E-state index is 12.2. The molecule has 2 aliphatic heterocycles. The van der Waals surface area contributed by atoms with Crippen molar-refractivity contribution in [1.29, 1.82) is 0 Å². The maximum atomic E-state index is 12.2. The number of aliphatic imine (C=N–C) groups is 1.